The lowest BCUT2D eigenvalue weighted by atomic mass is 10.1. The molecule has 2 aromatic carbocycles. The first-order valence-electron chi connectivity index (χ1n) is 6.26. The monoisotopic (exact) mass is 297 g/mol. The van der Waals surface area contributed by atoms with Gasteiger partial charge in [-0.1, -0.05) is 24.3 Å². The van der Waals surface area contributed by atoms with E-state index in [9.17, 15) is 14.9 Å². The van der Waals surface area contributed by atoms with Crippen LogP contribution in [0.25, 0.3) is 0 Å². The smallest absolute Gasteiger partial charge is 0.269 e. The van der Waals surface area contributed by atoms with Crippen LogP contribution in [-0.4, -0.2) is 10.8 Å². The molecule has 0 aromatic heterocycles. The molecule has 0 bridgehead atoms. The van der Waals surface area contributed by atoms with E-state index >= 15 is 0 Å². The highest BCUT2D eigenvalue weighted by atomic mass is 16.7. The number of nitrogens with zero attached hydrogens (tertiary/aromatic N) is 2. The molecule has 0 aliphatic heterocycles. The number of nitro groups is 1. The van der Waals surface area contributed by atoms with Crippen LogP contribution in [0.5, 0.6) is 0 Å². The van der Waals surface area contributed by atoms with E-state index in [4.69, 9.17) is 10.1 Å². The minimum atomic E-state index is -0.694. The lowest BCUT2D eigenvalue weighted by Gasteiger charge is -2.06. The highest BCUT2D eigenvalue weighted by molar-refractivity contribution is 5.97. The van der Waals surface area contributed by atoms with Crippen LogP contribution in [0.15, 0.2) is 48.5 Å². The van der Waals surface area contributed by atoms with Crippen LogP contribution in [0, 0.1) is 21.4 Å². The minimum Gasteiger partial charge on any atom is -0.269 e. The standard InChI is InChI=1S/C15H11N3O4/c16-9-11-5-7-12(8-6-11)10-22-17-15(19)13-3-1-2-4-14(13)18(20)21/h1-8H,10H2,(H,17,19). The zero-order valence-electron chi connectivity index (χ0n) is 11.4. The predicted molar refractivity (Wildman–Crippen MR) is 76.5 cm³/mol. The van der Waals surface area contributed by atoms with Crippen LogP contribution in [0.2, 0.25) is 0 Å². The van der Waals surface area contributed by atoms with Gasteiger partial charge in [-0.05, 0) is 23.8 Å². The van der Waals surface area contributed by atoms with Gasteiger partial charge in [-0.25, -0.2) is 5.48 Å². The summed E-state index contributed by atoms with van der Waals surface area (Å²) in [7, 11) is 0. The Morgan fingerprint density at radius 1 is 1.23 bits per heavy atom. The van der Waals surface area contributed by atoms with Gasteiger partial charge < -0.3 is 0 Å². The molecule has 7 heteroatoms. The van der Waals surface area contributed by atoms with E-state index in [2.05, 4.69) is 5.48 Å². The van der Waals surface area contributed by atoms with Crippen molar-refractivity contribution in [2.75, 3.05) is 0 Å². The van der Waals surface area contributed by atoms with E-state index in [0.717, 1.165) is 5.56 Å². The number of hydrogen-bond acceptors (Lipinski definition) is 5. The quantitative estimate of drug-likeness (QED) is 0.673. The highest BCUT2D eigenvalue weighted by Crippen LogP contribution is 2.17. The minimum absolute atomic E-state index is 0.0765. The van der Waals surface area contributed by atoms with Gasteiger partial charge in [0.15, 0.2) is 0 Å². The molecular formula is C15H11N3O4. The Balaban J connectivity index is 1.96. The average Bonchev–Trinajstić information content (AvgIpc) is 2.55. The second-order valence-electron chi connectivity index (χ2n) is 4.30. The summed E-state index contributed by atoms with van der Waals surface area (Å²) in [4.78, 5) is 27.1. The topological polar surface area (TPSA) is 105 Å². The summed E-state index contributed by atoms with van der Waals surface area (Å²) in [6.45, 7) is 0.0814. The van der Waals surface area contributed by atoms with Gasteiger partial charge in [0.05, 0.1) is 23.2 Å². The SMILES string of the molecule is N#Cc1ccc(CONC(=O)c2ccccc2[N+](=O)[O-])cc1. The molecule has 1 N–H and O–H groups in total. The molecule has 22 heavy (non-hydrogen) atoms. The van der Waals surface area contributed by atoms with Crippen molar-refractivity contribution in [2.45, 2.75) is 6.61 Å². The van der Waals surface area contributed by atoms with Crippen molar-refractivity contribution < 1.29 is 14.6 Å². The van der Waals surface area contributed by atoms with Gasteiger partial charge in [0.1, 0.15) is 5.56 Å². The third-order valence-electron chi connectivity index (χ3n) is 2.83. The molecule has 0 radical (unpaired) electrons. The molecule has 0 spiro atoms. The normalized spacial score (nSPS) is 9.77. The largest absolute Gasteiger partial charge is 0.282 e. The Kier molecular flexibility index (Phi) is 4.80. The summed E-state index contributed by atoms with van der Waals surface area (Å²) < 4.78 is 0. The number of carbonyl (C=O) groups excluding carboxylic acids is 1. The average molecular weight is 297 g/mol. The maximum atomic E-state index is 11.9. The van der Waals surface area contributed by atoms with Crippen molar-refractivity contribution in [1.29, 1.82) is 5.26 Å². The number of nitrogens with one attached hydrogen (secondary N) is 1. The van der Waals surface area contributed by atoms with Gasteiger partial charge in [0, 0.05) is 6.07 Å². The lowest BCUT2D eigenvalue weighted by molar-refractivity contribution is -0.385. The summed E-state index contributed by atoms with van der Waals surface area (Å²) in [5.41, 5.74) is 3.07. The maximum absolute atomic E-state index is 11.9. The van der Waals surface area contributed by atoms with E-state index in [1.807, 2.05) is 6.07 Å². The second-order valence-corrected chi connectivity index (χ2v) is 4.30. The number of nitriles is 1. The van der Waals surface area contributed by atoms with Crippen molar-refractivity contribution in [3.63, 3.8) is 0 Å². The summed E-state index contributed by atoms with van der Waals surface area (Å²) >= 11 is 0. The number of amides is 1. The van der Waals surface area contributed by atoms with Crippen LogP contribution in [-0.2, 0) is 11.4 Å². The molecule has 7 nitrogen and oxygen atoms in total. The number of nitro benzene ring substituents is 1. The number of hydroxylamine groups is 1. The first kappa shape index (κ1) is 15.2. The molecule has 2 rings (SSSR count). The summed E-state index contributed by atoms with van der Waals surface area (Å²) in [6.07, 6.45) is 0. The van der Waals surface area contributed by atoms with Crippen LogP contribution in [0.4, 0.5) is 5.69 Å². The number of para-hydroxylation sites is 1. The zero-order chi connectivity index (χ0) is 15.9. The Bertz CT molecular complexity index is 735. The molecule has 0 aliphatic rings. The Morgan fingerprint density at radius 2 is 1.91 bits per heavy atom. The summed E-state index contributed by atoms with van der Waals surface area (Å²) in [6, 6.07) is 14.2. The fourth-order valence-electron chi connectivity index (χ4n) is 1.74. The Morgan fingerprint density at radius 3 is 2.55 bits per heavy atom. The molecular weight excluding hydrogens is 286 g/mol. The number of carbonyl (C=O) groups is 1. The number of hydrogen-bond donors (Lipinski definition) is 1. The van der Waals surface area contributed by atoms with Gasteiger partial charge in [0.25, 0.3) is 11.6 Å². The van der Waals surface area contributed by atoms with Crippen molar-refractivity contribution in [3.8, 4) is 6.07 Å². The number of benzene rings is 2. The molecule has 2 aromatic rings. The summed E-state index contributed by atoms with van der Waals surface area (Å²) in [5.74, 6) is -0.694. The maximum Gasteiger partial charge on any atom is 0.282 e. The van der Waals surface area contributed by atoms with Crippen molar-refractivity contribution in [2.24, 2.45) is 0 Å². The van der Waals surface area contributed by atoms with Gasteiger partial charge in [-0.2, -0.15) is 5.26 Å². The second kappa shape index (κ2) is 6.97. The molecule has 0 aliphatic carbocycles. The highest BCUT2D eigenvalue weighted by Gasteiger charge is 2.19. The van der Waals surface area contributed by atoms with E-state index in [1.165, 1.54) is 24.3 Å². The fourth-order valence-corrected chi connectivity index (χ4v) is 1.74. The third-order valence-corrected chi connectivity index (χ3v) is 2.83. The van der Waals surface area contributed by atoms with Crippen LogP contribution in [0.1, 0.15) is 21.5 Å². The van der Waals surface area contributed by atoms with Gasteiger partial charge in [0.2, 0.25) is 0 Å². The van der Waals surface area contributed by atoms with Crippen LogP contribution in [0.3, 0.4) is 0 Å². The zero-order valence-corrected chi connectivity index (χ0v) is 11.4. The summed E-state index contributed by atoms with van der Waals surface area (Å²) in [5, 5.41) is 19.5. The van der Waals surface area contributed by atoms with Crippen molar-refractivity contribution in [3.05, 3.63) is 75.3 Å². The van der Waals surface area contributed by atoms with Gasteiger partial charge in [-0.3, -0.25) is 19.7 Å². The van der Waals surface area contributed by atoms with Crippen molar-refractivity contribution in [1.82, 2.24) is 5.48 Å². The van der Waals surface area contributed by atoms with Gasteiger partial charge in [-0.15, -0.1) is 0 Å². The van der Waals surface area contributed by atoms with E-state index < -0.39 is 10.8 Å². The molecule has 0 unspecified atom stereocenters. The first-order chi connectivity index (χ1) is 10.6. The Hall–Kier alpha value is -3.24. The lowest BCUT2D eigenvalue weighted by Crippen LogP contribution is -2.24. The van der Waals surface area contributed by atoms with E-state index in [1.54, 1.807) is 24.3 Å². The van der Waals surface area contributed by atoms with E-state index in [-0.39, 0.29) is 17.9 Å². The van der Waals surface area contributed by atoms with E-state index in [0.29, 0.717) is 5.56 Å². The Labute approximate surface area is 125 Å². The first-order valence-corrected chi connectivity index (χ1v) is 6.26. The molecule has 0 atom stereocenters. The van der Waals surface area contributed by atoms with Gasteiger partial charge >= 0.3 is 0 Å². The predicted octanol–water partition coefficient (Wildman–Crippen LogP) is 2.33. The molecule has 0 fully saturated rings. The molecule has 110 valence electrons. The number of rotatable bonds is 5. The van der Waals surface area contributed by atoms with Crippen LogP contribution >= 0.6 is 0 Å². The molecule has 0 saturated carbocycles. The molecule has 0 heterocycles. The third kappa shape index (κ3) is 3.65. The van der Waals surface area contributed by atoms with Crippen LogP contribution < -0.4 is 5.48 Å². The molecule has 0 saturated heterocycles. The van der Waals surface area contributed by atoms with Crippen molar-refractivity contribution >= 4 is 11.6 Å². The fraction of sp³-hybridized carbons (Fsp3) is 0.0667. The molecule has 1 amide bonds.